The summed E-state index contributed by atoms with van der Waals surface area (Å²) in [6, 6.07) is 12.6. The molecule has 0 radical (unpaired) electrons. The van der Waals surface area contributed by atoms with Crippen LogP contribution in [0.25, 0.3) is 10.2 Å². The van der Waals surface area contributed by atoms with E-state index in [9.17, 15) is 13.2 Å². The smallest absolute Gasteiger partial charge is 0.253 e. The predicted octanol–water partition coefficient (Wildman–Crippen LogP) is 4.51. The van der Waals surface area contributed by atoms with Crippen LogP contribution in [-0.2, 0) is 15.6 Å². The minimum Gasteiger partial charge on any atom is -0.339 e. The Kier molecular flexibility index (Phi) is 5.64. The first kappa shape index (κ1) is 20.3. The lowest BCUT2D eigenvalue weighted by molar-refractivity contribution is 0.0713. The van der Waals surface area contributed by atoms with Crippen LogP contribution in [0.3, 0.4) is 0 Å². The minimum atomic E-state index is -3.08. The van der Waals surface area contributed by atoms with Gasteiger partial charge in [0.05, 0.1) is 21.0 Å². The number of amides is 1. The van der Waals surface area contributed by atoms with Gasteiger partial charge in [0, 0.05) is 35.8 Å². The second kappa shape index (κ2) is 8.05. The fourth-order valence-electron chi connectivity index (χ4n) is 3.65. The summed E-state index contributed by atoms with van der Waals surface area (Å²) in [6.07, 6.45) is 2.97. The monoisotopic (exact) mass is 448 g/mol. The van der Waals surface area contributed by atoms with Crippen LogP contribution in [0.1, 0.15) is 39.7 Å². The number of halogens is 1. The van der Waals surface area contributed by atoms with E-state index in [4.69, 9.17) is 16.6 Å². The van der Waals surface area contributed by atoms with E-state index in [1.165, 1.54) is 6.26 Å². The Morgan fingerprint density at radius 1 is 1.17 bits per heavy atom. The van der Waals surface area contributed by atoms with Gasteiger partial charge in [0.25, 0.3) is 5.91 Å². The van der Waals surface area contributed by atoms with Crippen LogP contribution in [0.5, 0.6) is 0 Å². The van der Waals surface area contributed by atoms with E-state index < -0.39 is 9.84 Å². The zero-order chi connectivity index (χ0) is 20.6. The van der Waals surface area contributed by atoms with Crippen LogP contribution in [0, 0.1) is 0 Å². The fourth-order valence-corrected chi connectivity index (χ4v) is 5.73. The number of aromatic nitrogens is 1. The van der Waals surface area contributed by atoms with Crippen molar-refractivity contribution in [2.24, 2.45) is 0 Å². The topological polar surface area (TPSA) is 67.3 Å². The van der Waals surface area contributed by atoms with Crippen LogP contribution in [0.4, 0.5) is 0 Å². The molecular weight excluding hydrogens is 428 g/mol. The first-order valence-corrected chi connectivity index (χ1v) is 12.7. The highest BCUT2D eigenvalue weighted by Gasteiger charge is 2.26. The van der Waals surface area contributed by atoms with Gasteiger partial charge in [-0.25, -0.2) is 13.4 Å². The molecule has 1 fully saturated rings. The quantitative estimate of drug-likeness (QED) is 0.588. The fraction of sp³-hybridized carbons (Fsp3) is 0.333. The van der Waals surface area contributed by atoms with Crippen molar-refractivity contribution in [1.29, 1.82) is 0 Å². The summed E-state index contributed by atoms with van der Waals surface area (Å²) in [6.45, 7) is 1.37. The zero-order valence-electron chi connectivity index (χ0n) is 16.0. The average Bonchev–Trinajstić information content (AvgIpc) is 3.10. The molecule has 8 heteroatoms. The molecule has 1 aromatic heterocycles. The van der Waals surface area contributed by atoms with Gasteiger partial charge >= 0.3 is 0 Å². The van der Waals surface area contributed by atoms with E-state index in [1.54, 1.807) is 35.6 Å². The lowest BCUT2D eigenvalue weighted by Crippen LogP contribution is -2.37. The van der Waals surface area contributed by atoms with Gasteiger partial charge in [-0.1, -0.05) is 23.7 Å². The maximum absolute atomic E-state index is 12.8. The van der Waals surface area contributed by atoms with Crippen molar-refractivity contribution in [1.82, 2.24) is 9.88 Å². The molecule has 0 spiro atoms. The second-order valence-corrected chi connectivity index (χ2v) is 11.1. The van der Waals surface area contributed by atoms with Gasteiger partial charge in [0.2, 0.25) is 0 Å². The van der Waals surface area contributed by atoms with E-state index >= 15 is 0 Å². The number of hydrogen-bond donors (Lipinski definition) is 0. The molecule has 3 aromatic rings. The van der Waals surface area contributed by atoms with Gasteiger partial charge < -0.3 is 4.90 Å². The summed E-state index contributed by atoms with van der Waals surface area (Å²) >= 11 is 7.76. The lowest BCUT2D eigenvalue weighted by Gasteiger charge is -2.31. The lowest BCUT2D eigenvalue weighted by atomic mass is 9.97. The second-order valence-electron chi connectivity index (χ2n) is 7.50. The molecule has 1 aliphatic rings. The highest BCUT2D eigenvalue weighted by Crippen LogP contribution is 2.35. The maximum Gasteiger partial charge on any atom is 0.253 e. The average molecular weight is 449 g/mol. The van der Waals surface area contributed by atoms with E-state index in [0.717, 1.165) is 28.1 Å². The Bertz CT molecular complexity index is 1150. The summed E-state index contributed by atoms with van der Waals surface area (Å²) in [4.78, 5) is 19.4. The Balaban J connectivity index is 1.40. The van der Waals surface area contributed by atoms with Crippen molar-refractivity contribution < 1.29 is 13.2 Å². The molecule has 0 unspecified atom stereocenters. The summed E-state index contributed by atoms with van der Waals surface area (Å²) in [5.74, 6) is 0.332. The van der Waals surface area contributed by atoms with Gasteiger partial charge in [0.1, 0.15) is 0 Å². The van der Waals surface area contributed by atoms with Crippen molar-refractivity contribution in [3.8, 4) is 0 Å². The van der Waals surface area contributed by atoms with Gasteiger partial charge in [-0.3, -0.25) is 4.79 Å². The summed E-state index contributed by atoms with van der Waals surface area (Å²) in [5, 5.41) is 1.80. The first-order chi connectivity index (χ1) is 13.8. The molecule has 0 atom stereocenters. The number of likely N-dealkylation sites (tertiary alicyclic amines) is 1. The van der Waals surface area contributed by atoms with Crippen molar-refractivity contribution in [2.45, 2.75) is 24.5 Å². The molecule has 0 bridgehead atoms. The van der Waals surface area contributed by atoms with Gasteiger partial charge in [-0.2, -0.15) is 0 Å². The molecule has 4 rings (SSSR count). The standard InChI is InChI=1S/C21H21ClN2O3S2/c1-29(26,27)13-14-2-4-16(5-3-14)21(25)24-10-8-15(9-11-24)20-23-18-12-17(22)6-7-19(18)28-20/h2-7,12,15H,8-11,13H2,1H3. The van der Waals surface area contributed by atoms with Crippen molar-refractivity contribution in [2.75, 3.05) is 19.3 Å². The minimum absolute atomic E-state index is 0.00885. The molecule has 1 saturated heterocycles. The highest BCUT2D eigenvalue weighted by molar-refractivity contribution is 7.89. The van der Waals surface area contributed by atoms with E-state index in [2.05, 4.69) is 0 Å². The Hall–Kier alpha value is -1.96. The van der Waals surface area contributed by atoms with Gasteiger partial charge in [-0.15, -0.1) is 11.3 Å². The third-order valence-electron chi connectivity index (χ3n) is 5.13. The Morgan fingerprint density at radius 2 is 1.86 bits per heavy atom. The number of rotatable bonds is 4. The maximum atomic E-state index is 12.8. The van der Waals surface area contributed by atoms with Gasteiger partial charge in [0.15, 0.2) is 9.84 Å². The van der Waals surface area contributed by atoms with Crippen molar-refractivity contribution in [3.05, 3.63) is 63.6 Å². The van der Waals surface area contributed by atoms with E-state index in [-0.39, 0.29) is 11.7 Å². The first-order valence-electron chi connectivity index (χ1n) is 9.40. The molecule has 2 heterocycles. The summed E-state index contributed by atoms with van der Waals surface area (Å²) in [7, 11) is -3.08. The Labute approximate surface area is 179 Å². The largest absolute Gasteiger partial charge is 0.339 e. The van der Waals surface area contributed by atoms with Crippen molar-refractivity contribution >= 4 is 48.9 Å². The molecule has 152 valence electrons. The number of nitrogens with zero attached hydrogens (tertiary/aromatic N) is 2. The predicted molar refractivity (Wildman–Crippen MR) is 117 cm³/mol. The third-order valence-corrected chi connectivity index (χ3v) is 7.42. The molecule has 1 aliphatic heterocycles. The highest BCUT2D eigenvalue weighted by atomic mass is 35.5. The number of thiazole rings is 1. The number of fused-ring (bicyclic) bond motifs is 1. The third kappa shape index (κ3) is 4.79. The Morgan fingerprint density at radius 3 is 2.52 bits per heavy atom. The zero-order valence-corrected chi connectivity index (χ0v) is 18.4. The normalized spacial score (nSPS) is 15.7. The molecule has 5 nitrogen and oxygen atoms in total. The number of piperidine rings is 1. The molecule has 2 aromatic carbocycles. The van der Waals surface area contributed by atoms with Crippen LogP contribution >= 0.6 is 22.9 Å². The number of hydrogen-bond acceptors (Lipinski definition) is 5. The molecular formula is C21H21ClN2O3S2. The summed E-state index contributed by atoms with van der Waals surface area (Å²) in [5.41, 5.74) is 2.22. The number of sulfone groups is 1. The van der Waals surface area contributed by atoms with Crippen LogP contribution in [0.15, 0.2) is 42.5 Å². The number of carbonyl (C=O) groups excluding carboxylic acids is 1. The van der Waals surface area contributed by atoms with Crippen LogP contribution < -0.4 is 0 Å². The van der Waals surface area contributed by atoms with Crippen molar-refractivity contribution in [3.63, 3.8) is 0 Å². The molecule has 0 aliphatic carbocycles. The van der Waals surface area contributed by atoms with E-state index in [0.29, 0.717) is 35.2 Å². The SMILES string of the molecule is CS(=O)(=O)Cc1ccc(C(=O)N2CCC(c3nc4cc(Cl)ccc4s3)CC2)cc1. The number of carbonyl (C=O) groups is 1. The molecule has 0 N–H and O–H groups in total. The summed E-state index contributed by atoms with van der Waals surface area (Å²) < 4.78 is 23.9. The van der Waals surface area contributed by atoms with E-state index in [1.807, 2.05) is 23.1 Å². The molecule has 1 amide bonds. The van der Waals surface area contributed by atoms with Crippen LogP contribution in [0.2, 0.25) is 5.02 Å². The molecule has 29 heavy (non-hydrogen) atoms. The van der Waals surface area contributed by atoms with Gasteiger partial charge in [-0.05, 0) is 48.7 Å². The number of benzene rings is 2. The van der Waals surface area contributed by atoms with Crippen LogP contribution in [-0.4, -0.2) is 43.6 Å². The molecule has 0 saturated carbocycles.